The van der Waals surface area contributed by atoms with Gasteiger partial charge in [0.1, 0.15) is 0 Å². The van der Waals surface area contributed by atoms with E-state index < -0.39 is 12.7 Å². The number of alkyl halides is 3. The SMILES string of the molecule is CC(C)NC(N)=NC1CCN(CC(F)(F)F)C1.I. The van der Waals surface area contributed by atoms with Crippen molar-refractivity contribution in [1.29, 1.82) is 0 Å². The van der Waals surface area contributed by atoms with Crippen molar-refractivity contribution < 1.29 is 13.2 Å². The van der Waals surface area contributed by atoms with Crippen LogP contribution >= 0.6 is 24.0 Å². The van der Waals surface area contributed by atoms with Gasteiger partial charge in [0.2, 0.25) is 0 Å². The summed E-state index contributed by atoms with van der Waals surface area (Å²) in [4.78, 5) is 5.53. The Morgan fingerprint density at radius 3 is 2.61 bits per heavy atom. The Balaban J connectivity index is 0.00000289. The van der Waals surface area contributed by atoms with Gasteiger partial charge in [-0.2, -0.15) is 13.2 Å². The van der Waals surface area contributed by atoms with E-state index >= 15 is 0 Å². The van der Waals surface area contributed by atoms with Crippen molar-refractivity contribution in [2.75, 3.05) is 19.6 Å². The molecule has 18 heavy (non-hydrogen) atoms. The van der Waals surface area contributed by atoms with Gasteiger partial charge in [0, 0.05) is 19.1 Å². The van der Waals surface area contributed by atoms with Crippen LogP contribution in [0.15, 0.2) is 4.99 Å². The largest absolute Gasteiger partial charge is 0.401 e. The third kappa shape index (κ3) is 7.24. The molecule has 8 heteroatoms. The number of nitrogens with two attached hydrogens (primary N) is 1. The maximum absolute atomic E-state index is 12.2. The van der Waals surface area contributed by atoms with E-state index in [-0.39, 0.29) is 36.1 Å². The summed E-state index contributed by atoms with van der Waals surface area (Å²) in [7, 11) is 0. The average molecular weight is 380 g/mol. The van der Waals surface area contributed by atoms with Gasteiger partial charge >= 0.3 is 6.18 Å². The van der Waals surface area contributed by atoms with Gasteiger partial charge in [-0.15, -0.1) is 24.0 Å². The van der Waals surface area contributed by atoms with Crippen LogP contribution in [0.4, 0.5) is 13.2 Å². The van der Waals surface area contributed by atoms with Crippen LogP contribution in [-0.4, -0.2) is 48.8 Å². The number of aliphatic imine (C=N–C) groups is 1. The average Bonchev–Trinajstić information content (AvgIpc) is 2.46. The number of hydrogen-bond donors (Lipinski definition) is 2. The zero-order valence-corrected chi connectivity index (χ0v) is 12.8. The van der Waals surface area contributed by atoms with Crippen LogP contribution in [-0.2, 0) is 0 Å². The predicted octanol–water partition coefficient (Wildman–Crippen LogP) is 1.55. The number of hydrogen-bond acceptors (Lipinski definition) is 2. The molecule has 4 nitrogen and oxygen atoms in total. The lowest BCUT2D eigenvalue weighted by molar-refractivity contribution is -0.143. The number of nitrogens with zero attached hydrogens (tertiary/aromatic N) is 2. The third-order valence-corrected chi connectivity index (χ3v) is 2.41. The van der Waals surface area contributed by atoms with Crippen molar-refractivity contribution in [2.24, 2.45) is 10.7 Å². The van der Waals surface area contributed by atoms with Crippen molar-refractivity contribution in [2.45, 2.75) is 38.5 Å². The Morgan fingerprint density at radius 2 is 2.11 bits per heavy atom. The molecule has 0 bridgehead atoms. The molecule has 0 amide bonds. The summed E-state index contributed by atoms with van der Waals surface area (Å²) in [5.41, 5.74) is 5.63. The van der Waals surface area contributed by atoms with Crippen molar-refractivity contribution in [1.82, 2.24) is 10.2 Å². The van der Waals surface area contributed by atoms with Gasteiger partial charge in [0.15, 0.2) is 5.96 Å². The van der Waals surface area contributed by atoms with E-state index in [9.17, 15) is 13.2 Å². The summed E-state index contributed by atoms with van der Waals surface area (Å²) in [6.07, 6.45) is -3.52. The first-order chi connectivity index (χ1) is 7.76. The van der Waals surface area contributed by atoms with E-state index in [1.807, 2.05) is 13.8 Å². The Morgan fingerprint density at radius 1 is 1.50 bits per heavy atom. The molecule has 1 fully saturated rings. The van der Waals surface area contributed by atoms with Crippen LogP contribution < -0.4 is 11.1 Å². The van der Waals surface area contributed by atoms with E-state index in [1.54, 1.807) is 0 Å². The number of nitrogens with one attached hydrogen (secondary N) is 1. The number of guanidine groups is 1. The van der Waals surface area contributed by atoms with Gasteiger partial charge in [0.25, 0.3) is 0 Å². The van der Waals surface area contributed by atoms with E-state index in [4.69, 9.17) is 5.73 Å². The van der Waals surface area contributed by atoms with Crippen LogP contribution in [0.5, 0.6) is 0 Å². The fourth-order valence-corrected chi connectivity index (χ4v) is 1.84. The molecule has 1 heterocycles. The lowest BCUT2D eigenvalue weighted by atomic mass is 10.3. The molecule has 1 saturated heterocycles. The van der Waals surface area contributed by atoms with Gasteiger partial charge < -0.3 is 11.1 Å². The highest BCUT2D eigenvalue weighted by atomic mass is 127. The zero-order chi connectivity index (χ0) is 13.1. The topological polar surface area (TPSA) is 53.6 Å². The van der Waals surface area contributed by atoms with Crippen LogP contribution in [0.25, 0.3) is 0 Å². The summed E-state index contributed by atoms with van der Waals surface area (Å²) in [5.74, 6) is 0.304. The van der Waals surface area contributed by atoms with Crippen LogP contribution in [0.2, 0.25) is 0 Å². The summed E-state index contributed by atoms with van der Waals surface area (Å²) in [6.45, 7) is 3.72. The normalized spacial score (nSPS) is 22.1. The molecule has 3 N–H and O–H groups in total. The fraction of sp³-hybridized carbons (Fsp3) is 0.900. The molecular formula is C10H20F3IN4. The van der Waals surface area contributed by atoms with Crippen LogP contribution in [0.3, 0.4) is 0 Å². The fourth-order valence-electron chi connectivity index (χ4n) is 1.84. The Hall–Kier alpha value is -0.250. The second kappa shape index (κ2) is 7.37. The minimum absolute atomic E-state index is 0. The Bertz CT molecular complexity index is 281. The standard InChI is InChI=1S/C10H19F3N4.HI/c1-7(2)15-9(14)16-8-3-4-17(5-8)6-10(11,12)13;/h7-8H,3-6H2,1-2H3,(H3,14,15,16);1H. The van der Waals surface area contributed by atoms with Gasteiger partial charge in [-0.05, 0) is 20.3 Å². The quantitative estimate of drug-likeness (QED) is 0.444. The number of rotatable bonds is 3. The smallest absolute Gasteiger partial charge is 0.370 e. The van der Waals surface area contributed by atoms with E-state index in [0.29, 0.717) is 25.5 Å². The molecule has 1 unspecified atom stereocenters. The van der Waals surface area contributed by atoms with E-state index in [2.05, 4.69) is 10.3 Å². The molecule has 0 aromatic rings. The van der Waals surface area contributed by atoms with E-state index in [0.717, 1.165) is 0 Å². The summed E-state index contributed by atoms with van der Waals surface area (Å²) >= 11 is 0. The molecule has 0 aromatic carbocycles. The van der Waals surface area contributed by atoms with Crippen molar-refractivity contribution in [3.8, 4) is 0 Å². The summed E-state index contributed by atoms with van der Waals surface area (Å²) in [6, 6.07) is 0.0371. The Kier molecular flexibility index (Phi) is 7.26. The maximum Gasteiger partial charge on any atom is 0.401 e. The third-order valence-electron chi connectivity index (χ3n) is 2.41. The minimum atomic E-state index is -4.14. The van der Waals surface area contributed by atoms with Gasteiger partial charge in [-0.3, -0.25) is 4.90 Å². The lowest BCUT2D eigenvalue weighted by Crippen LogP contribution is -2.38. The molecular weight excluding hydrogens is 360 g/mol. The van der Waals surface area contributed by atoms with Gasteiger partial charge in [-0.1, -0.05) is 0 Å². The molecule has 1 aliphatic rings. The number of likely N-dealkylation sites (tertiary alicyclic amines) is 1. The maximum atomic E-state index is 12.2. The van der Waals surface area contributed by atoms with Crippen molar-refractivity contribution in [3.05, 3.63) is 0 Å². The van der Waals surface area contributed by atoms with E-state index in [1.165, 1.54) is 4.90 Å². The Labute approximate surface area is 122 Å². The molecule has 1 aliphatic heterocycles. The van der Waals surface area contributed by atoms with Crippen molar-refractivity contribution in [3.63, 3.8) is 0 Å². The summed E-state index contributed by atoms with van der Waals surface area (Å²) < 4.78 is 36.5. The summed E-state index contributed by atoms with van der Waals surface area (Å²) in [5, 5.41) is 2.92. The van der Waals surface area contributed by atoms with Crippen molar-refractivity contribution >= 4 is 29.9 Å². The lowest BCUT2D eigenvalue weighted by Gasteiger charge is -2.17. The predicted molar refractivity (Wildman–Crippen MR) is 76.2 cm³/mol. The molecule has 0 aliphatic carbocycles. The molecule has 0 spiro atoms. The molecule has 108 valence electrons. The first-order valence-corrected chi connectivity index (χ1v) is 5.65. The monoisotopic (exact) mass is 380 g/mol. The second-order valence-electron chi connectivity index (χ2n) is 4.61. The van der Waals surface area contributed by atoms with Crippen LogP contribution in [0, 0.1) is 0 Å². The molecule has 1 atom stereocenters. The molecule has 0 aromatic heterocycles. The second-order valence-corrected chi connectivity index (χ2v) is 4.61. The highest BCUT2D eigenvalue weighted by molar-refractivity contribution is 14.0. The first kappa shape index (κ1) is 17.8. The number of halogens is 4. The molecule has 1 rings (SSSR count). The molecule has 0 saturated carbocycles. The van der Waals surface area contributed by atoms with Gasteiger partial charge in [-0.25, -0.2) is 4.99 Å². The first-order valence-electron chi connectivity index (χ1n) is 5.65. The highest BCUT2D eigenvalue weighted by Gasteiger charge is 2.34. The highest BCUT2D eigenvalue weighted by Crippen LogP contribution is 2.20. The molecule has 0 radical (unpaired) electrons. The van der Waals surface area contributed by atoms with Crippen LogP contribution in [0.1, 0.15) is 20.3 Å². The van der Waals surface area contributed by atoms with Gasteiger partial charge in [0.05, 0.1) is 12.6 Å². The minimum Gasteiger partial charge on any atom is -0.370 e. The zero-order valence-electron chi connectivity index (χ0n) is 10.5.